The highest BCUT2D eigenvalue weighted by atomic mass is 14.2. The second-order valence-corrected chi connectivity index (χ2v) is 5.60. The van der Waals surface area contributed by atoms with E-state index in [1.54, 1.807) is 0 Å². The molecule has 16 heavy (non-hydrogen) atoms. The monoisotopic (exact) mass is 212 g/mol. The average Bonchev–Trinajstić information content (AvgIpc) is 2.63. The molecule has 0 aromatic heterocycles. The van der Waals surface area contributed by atoms with Gasteiger partial charge in [-0.25, -0.2) is 0 Å². The highest BCUT2D eigenvalue weighted by molar-refractivity contribution is 5.74. The topological polar surface area (TPSA) is 0 Å². The van der Waals surface area contributed by atoms with E-state index in [0.29, 0.717) is 0 Å². The molecule has 0 amide bonds. The zero-order valence-corrected chi connectivity index (χ0v) is 10.7. The molecule has 0 bridgehead atoms. The van der Waals surface area contributed by atoms with Crippen molar-refractivity contribution in [3.8, 4) is 0 Å². The molecule has 0 saturated carbocycles. The molecule has 0 fully saturated rings. The van der Waals surface area contributed by atoms with E-state index in [9.17, 15) is 0 Å². The Morgan fingerprint density at radius 3 is 2.06 bits per heavy atom. The van der Waals surface area contributed by atoms with Gasteiger partial charge in [0.25, 0.3) is 0 Å². The zero-order chi connectivity index (χ0) is 11.8. The first kappa shape index (κ1) is 11.2. The van der Waals surface area contributed by atoms with Gasteiger partial charge in [-0.1, -0.05) is 57.2 Å². The molecule has 1 aromatic carbocycles. The van der Waals surface area contributed by atoms with Crippen molar-refractivity contribution in [3.05, 3.63) is 53.1 Å². The van der Waals surface area contributed by atoms with Crippen LogP contribution in [0.15, 0.2) is 42.0 Å². The van der Waals surface area contributed by atoms with E-state index in [1.807, 2.05) is 0 Å². The first-order chi connectivity index (χ1) is 7.48. The normalized spacial score (nSPS) is 16.0. The van der Waals surface area contributed by atoms with E-state index in [4.69, 9.17) is 0 Å². The molecule has 0 nitrogen and oxygen atoms in total. The Balaban J connectivity index is 2.31. The molecule has 0 saturated heterocycles. The molecule has 1 aromatic rings. The van der Waals surface area contributed by atoms with Crippen molar-refractivity contribution >= 4 is 5.57 Å². The van der Waals surface area contributed by atoms with E-state index < -0.39 is 0 Å². The van der Waals surface area contributed by atoms with Crippen LogP contribution in [0.2, 0.25) is 0 Å². The SMILES string of the molecule is CC1=C(c2ccc(C(C)(C)C)cc2)CC=C1. The number of allylic oxidation sites excluding steroid dienone is 4. The predicted octanol–water partition coefficient (Wildman–Crippen LogP) is 4.72. The molecule has 0 aliphatic heterocycles. The molecule has 0 atom stereocenters. The van der Waals surface area contributed by atoms with Gasteiger partial charge in [-0.05, 0) is 41.0 Å². The zero-order valence-electron chi connectivity index (χ0n) is 10.7. The Morgan fingerprint density at radius 1 is 1.00 bits per heavy atom. The number of hydrogen-bond donors (Lipinski definition) is 0. The third-order valence-corrected chi connectivity index (χ3v) is 3.27. The highest BCUT2D eigenvalue weighted by Gasteiger charge is 2.14. The minimum Gasteiger partial charge on any atom is -0.0798 e. The van der Waals surface area contributed by atoms with E-state index in [1.165, 1.54) is 22.3 Å². The minimum atomic E-state index is 0.246. The maximum Gasteiger partial charge on any atom is -0.00857 e. The van der Waals surface area contributed by atoms with Gasteiger partial charge in [-0.2, -0.15) is 0 Å². The third kappa shape index (κ3) is 2.11. The first-order valence-corrected chi connectivity index (χ1v) is 5.96. The standard InChI is InChI=1S/C16H20/c1-12-6-5-7-15(12)13-8-10-14(11-9-13)16(2,3)4/h5-6,8-11H,7H2,1-4H3. The Hall–Kier alpha value is -1.30. The smallest absolute Gasteiger partial charge is 0.00857 e. The van der Waals surface area contributed by atoms with Crippen molar-refractivity contribution in [2.45, 2.75) is 39.5 Å². The van der Waals surface area contributed by atoms with Crippen molar-refractivity contribution in [2.75, 3.05) is 0 Å². The second-order valence-electron chi connectivity index (χ2n) is 5.60. The summed E-state index contributed by atoms with van der Waals surface area (Å²) in [4.78, 5) is 0. The molecule has 0 radical (unpaired) electrons. The van der Waals surface area contributed by atoms with Gasteiger partial charge in [0, 0.05) is 0 Å². The molecule has 84 valence electrons. The lowest BCUT2D eigenvalue weighted by atomic mass is 9.86. The summed E-state index contributed by atoms with van der Waals surface area (Å²) < 4.78 is 0. The summed E-state index contributed by atoms with van der Waals surface area (Å²) in [6.45, 7) is 8.95. The Labute approximate surface area is 98.7 Å². The molecule has 0 heterocycles. The van der Waals surface area contributed by atoms with E-state index in [0.717, 1.165) is 6.42 Å². The molecule has 0 N–H and O–H groups in total. The van der Waals surface area contributed by atoms with Gasteiger partial charge in [0.2, 0.25) is 0 Å². The van der Waals surface area contributed by atoms with E-state index in [-0.39, 0.29) is 5.41 Å². The van der Waals surface area contributed by atoms with Crippen LogP contribution in [0.1, 0.15) is 45.2 Å². The second kappa shape index (κ2) is 3.93. The number of hydrogen-bond acceptors (Lipinski definition) is 0. The highest BCUT2D eigenvalue weighted by Crippen LogP contribution is 2.30. The molecule has 1 aliphatic rings. The minimum absolute atomic E-state index is 0.246. The van der Waals surface area contributed by atoms with Crippen molar-refractivity contribution in [2.24, 2.45) is 0 Å². The average molecular weight is 212 g/mol. The molecular weight excluding hydrogens is 192 g/mol. The van der Waals surface area contributed by atoms with Gasteiger partial charge in [-0.15, -0.1) is 0 Å². The van der Waals surface area contributed by atoms with Crippen LogP contribution >= 0.6 is 0 Å². The van der Waals surface area contributed by atoms with Crippen LogP contribution in [0.5, 0.6) is 0 Å². The van der Waals surface area contributed by atoms with Crippen LogP contribution in [0, 0.1) is 0 Å². The Morgan fingerprint density at radius 2 is 1.62 bits per heavy atom. The Kier molecular flexibility index (Phi) is 2.75. The molecule has 0 heteroatoms. The summed E-state index contributed by atoms with van der Waals surface area (Å²) in [6.07, 6.45) is 5.54. The van der Waals surface area contributed by atoms with E-state index >= 15 is 0 Å². The van der Waals surface area contributed by atoms with E-state index in [2.05, 4.69) is 64.1 Å². The van der Waals surface area contributed by atoms with Gasteiger partial charge >= 0.3 is 0 Å². The molecule has 2 rings (SSSR count). The van der Waals surface area contributed by atoms with Gasteiger partial charge in [-0.3, -0.25) is 0 Å². The van der Waals surface area contributed by atoms with Crippen molar-refractivity contribution in [1.82, 2.24) is 0 Å². The molecule has 0 spiro atoms. The van der Waals surface area contributed by atoms with Crippen LogP contribution in [0.4, 0.5) is 0 Å². The van der Waals surface area contributed by atoms with Crippen LogP contribution in [0.25, 0.3) is 5.57 Å². The summed E-state index contributed by atoms with van der Waals surface area (Å²) in [5.74, 6) is 0. The van der Waals surface area contributed by atoms with Gasteiger partial charge in [0.05, 0.1) is 0 Å². The summed E-state index contributed by atoms with van der Waals surface area (Å²) in [6, 6.07) is 9.03. The Bertz CT molecular complexity index is 436. The fraction of sp³-hybridized carbons (Fsp3) is 0.375. The van der Waals surface area contributed by atoms with Crippen LogP contribution in [0.3, 0.4) is 0 Å². The maximum absolute atomic E-state index is 2.26. The fourth-order valence-electron chi connectivity index (χ4n) is 2.13. The van der Waals surface area contributed by atoms with Crippen LogP contribution < -0.4 is 0 Å². The van der Waals surface area contributed by atoms with Gasteiger partial charge < -0.3 is 0 Å². The predicted molar refractivity (Wildman–Crippen MR) is 71.5 cm³/mol. The maximum atomic E-state index is 2.26. The number of rotatable bonds is 1. The molecule has 1 aliphatic carbocycles. The fourth-order valence-corrected chi connectivity index (χ4v) is 2.13. The van der Waals surface area contributed by atoms with Crippen molar-refractivity contribution in [1.29, 1.82) is 0 Å². The van der Waals surface area contributed by atoms with Crippen molar-refractivity contribution in [3.63, 3.8) is 0 Å². The molecule has 0 unspecified atom stereocenters. The largest absolute Gasteiger partial charge is 0.0798 e. The van der Waals surface area contributed by atoms with Crippen molar-refractivity contribution < 1.29 is 0 Å². The lowest BCUT2D eigenvalue weighted by Crippen LogP contribution is -2.10. The van der Waals surface area contributed by atoms with Crippen LogP contribution in [-0.2, 0) is 5.41 Å². The summed E-state index contributed by atoms with van der Waals surface area (Å²) in [5.41, 5.74) is 5.90. The lowest BCUT2D eigenvalue weighted by Gasteiger charge is -2.19. The summed E-state index contributed by atoms with van der Waals surface area (Å²) in [5, 5.41) is 0. The van der Waals surface area contributed by atoms with Crippen LogP contribution in [-0.4, -0.2) is 0 Å². The molecular formula is C16H20. The number of benzene rings is 1. The van der Waals surface area contributed by atoms with Gasteiger partial charge in [0.15, 0.2) is 0 Å². The lowest BCUT2D eigenvalue weighted by molar-refractivity contribution is 0.590. The summed E-state index contributed by atoms with van der Waals surface area (Å²) >= 11 is 0. The van der Waals surface area contributed by atoms with Gasteiger partial charge in [0.1, 0.15) is 0 Å². The quantitative estimate of drug-likeness (QED) is 0.632. The third-order valence-electron chi connectivity index (χ3n) is 3.27. The summed E-state index contributed by atoms with van der Waals surface area (Å²) in [7, 11) is 0. The first-order valence-electron chi connectivity index (χ1n) is 5.96.